The van der Waals surface area contributed by atoms with Crippen LogP contribution in [0, 0.1) is 0 Å². The van der Waals surface area contributed by atoms with Crippen molar-refractivity contribution in [2.75, 3.05) is 14.2 Å². The average Bonchev–Trinajstić information content (AvgIpc) is 2.55. The molecule has 0 aliphatic rings. The minimum atomic E-state index is -0.530. The molecule has 1 amide bonds. The molecule has 0 unspecified atom stereocenters. The number of carbonyl (C=O) groups excluding carboxylic acids is 1. The lowest BCUT2D eigenvalue weighted by molar-refractivity contribution is -0.122. The summed E-state index contributed by atoms with van der Waals surface area (Å²) in [6.45, 7) is 3.93. The lowest BCUT2D eigenvalue weighted by Crippen LogP contribution is -2.41. The van der Waals surface area contributed by atoms with Crippen molar-refractivity contribution in [3.05, 3.63) is 58.1 Å². The van der Waals surface area contributed by atoms with Crippen LogP contribution >= 0.6 is 15.9 Å². The SMILES string of the molecule is COc1ccc(C(C)(C)NC(=O)Cc2ccccc2Br)cc1OC. The number of halogens is 1. The largest absolute Gasteiger partial charge is 0.493 e. The summed E-state index contributed by atoms with van der Waals surface area (Å²) in [4.78, 5) is 12.4. The number of hydrogen-bond donors (Lipinski definition) is 1. The van der Waals surface area contributed by atoms with Crippen LogP contribution in [0.5, 0.6) is 11.5 Å². The fourth-order valence-corrected chi connectivity index (χ4v) is 2.93. The van der Waals surface area contributed by atoms with E-state index in [1.54, 1.807) is 14.2 Å². The van der Waals surface area contributed by atoms with Crippen molar-refractivity contribution in [1.29, 1.82) is 0 Å². The molecule has 0 fully saturated rings. The standard InChI is InChI=1S/C19H22BrNO3/c1-19(2,14-9-10-16(23-3)17(12-14)24-4)21-18(22)11-13-7-5-6-8-15(13)20/h5-10,12H,11H2,1-4H3,(H,21,22). The van der Waals surface area contributed by atoms with Crippen molar-refractivity contribution in [2.45, 2.75) is 25.8 Å². The molecule has 0 heterocycles. The molecule has 1 N–H and O–H groups in total. The van der Waals surface area contributed by atoms with Crippen molar-refractivity contribution < 1.29 is 14.3 Å². The zero-order chi connectivity index (χ0) is 17.7. The number of nitrogens with one attached hydrogen (secondary N) is 1. The van der Waals surface area contributed by atoms with Gasteiger partial charge in [0.15, 0.2) is 11.5 Å². The number of ether oxygens (including phenoxy) is 2. The molecule has 128 valence electrons. The molecular formula is C19H22BrNO3. The second-order valence-electron chi connectivity index (χ2n) is 6.01. The Morgan fingerprint density at radius 3 is 2.38 bits per heavy atom. The topological polar surface area (TPSA) is 47.6 Å². The third-order valence-corrected chi connectivity index (χ3v) is 4.64. The van der Waals surface area contributed by atoms with E-state index in [1.165, 1.54) is 0 Å². The van der Waals surface area contributed by atoms with Gasteiger partial charge in [-0.1, -0.05) is 40.2 Å². The monoisotopic (exact) mass is 391 g/mol. The van der Waals surface area contributed by atoms with E-state index in [0.717, 1.165) is 15.6 Å². The van der Waals surface area contributed by atoms with E-state index in [-0.39, 0.29) is 5.91 Å². The van der Waals surface area contributed by atoms with Crippen LogP contribution in [-0.2, 0) is 16.8 Å². The molecule has 0 radical (unpaired) electrons. The van der Waals surface area contributed by atoms with Gasteiger partial charge in [0.25, 0.3) is 0 Å². The Morgan fingerprint density at radius 2 is 1.75 bits per heavy atom. The van der Waals surface area contributed by atoms with Crippen LogP contribution < -0.4 is 14.8 Å². The second-order valence-corrected chi connectivity index (χ2v) is 6.87. The maximum absolute atomic E-state index is 12.4. The van der Waals surface area contributed by atoms with Gasteiger partial charge in [-0.3, -0.25) is 4.79 Å². The van der Waals surface area contributed by atoms with Crippen molar-refractivity contribution in [1.82, 2.24) is 5.32 Å². The number of hydrogen-bond acceptors (Lipinski definition) is 3. The Balaban J connectivity index is 2.15. The van der Waals surface area contributed by atoms with E-state index >= 15 is 0 Å². The maximum atomic E-state index is 12.4. The van der Waals surface area contributed by atoms with Gasteiger partial charge in [-0.05, 0) is 43.2 Å². The van der Waals surface area contributed by atoms with E-state index in [1.807, 2.05) is 56.3 Å². The number of benzene rings is 2. The lowest BCUT2D eigenvalue weighted by Gasteiger charge is -2.28. The Kier molecular flexibility index (Phi) is 5.89. The number of methoxy groups -OCH3 is 2. The highest BCUT2D eigenvalue weighted by molar-refractivity contribution is 9.10. The molecule has 0 aromatic heterocycles. The van der Waals surface area contributed by atoms with Crippen LogP contribution in [-0.4, -0.2) is 20.1 Å². The van der Waals surface area contributed by atoms with Crippen LogP contribution in [0.1, 0.15) is 25.0 Å². The van der Waals surface area contributed by atoms with Crippen LogP contribution in [0.15, 0.2) is 46.9 Å². The smallest absolute Gasteiger partial charge is 0.225 e. The molecule has 24 heavy (non-hydrogen) atoms. The van der Waals surface area contributed by atoms with E-state index in [2.05, 4.69) is 21.2 Å². The first-order valence-corrected chi connectivity index (χ1v) is 8.43. The Labute approximate surface area is 151 Å². The summed E-state index contributed by atoms with van der Waals surface area (Å²) in [6.07, 6.45) is 0.318. The Bertz CT molecular complexity index is 728. The first-order chi connectivity index (χ1) is 11.4. The predicted molar refractivity (Wildman–Crippen MR) is 98.6 cm³/mol. The molecule has 0 bridgehead atoms. The number of carbonyl (C=O) groups is 1. The highest BCUT2D eigenvalue weighted by Crippen LogP contribution is 2.32. The van der Waals surface area contributed by atoms with Gasteiger partial charge in [0, 0.05) is 4.47 Å². The summed E-state index contributed by atoms with van der Waals surface area (Å²) < 4.78 is 11.5. The summed E-state index contributed by atoms with van der Waals surface area (Å²) in [6, 6.07) is 13.4. The maximum Gasteiger partial charge on any atom is 0.225 e. The van der Waals surface area contributed by atoms with Crippen LogP contribution in [0.3, 0.4) is 0 Å². The summed E-state index contributed by atoms with van der Waals surface area (Å²) in [5.41, 5.74) is 1.37. The second kappa shape index (κ2) is 7.71. The molecule has 2 aromatic rings. The zero-order valence-corrected chi connectivity index (χ0v) is 15.9. The summed E-state index contributed by atoms with van der Waals surface area (Å²) in [7, 11) is 3.20. The molecule has 2 aromatic carbocycles. The average molecular weight is 392 g/mol. The third kappa shape index (κ3) is 4.29. The van der Waals surface area contributed by atoms with E-state index in [9.17, 15) is 4.79 Å². The summed E-state index contributed by atoms with van der Waals surface area (Å²) >= 11 is 3.47. The van der Waals surface area contributed by atoms with Gasteiger partial charge in [0.05, 0.1) is 26.2 Å². The fraction of sp³-hybridized carbons (Fsp3) is 0.316. The molecule has 0 aliphatic carbocycles. The Hall–Kier alpha value is -2.01. The minimum absolute atomic E-state index is 0.0401. The van der Waals surface area contributed by atoms with Gasteiger partial charge in [-0.25, -0.2) is 0 Å². The van der Waals surface area contributed by atoms with Crippen molar-refractivity contribution in [3.8, 4) is 11.5 Å². The molecule has 0 spiro atoms. The first-order valence-electron chi connectivity index (χ1n) is 7.64. The Morgan fingerprint density at radius 1 is 1.08 bits per heavy atom. The molecule has 4 nitrogen and oxygen atoms in total. The van der Waals surface area contributed by atoms with Gasteiger partial charge in [-0.15, -0.1) is 0 Å². The fourth-order valence-electron chi connectivity index (χ4n) is 2.50. The molecule has 0 saturated heterocycles. The molecule has 2 rings (SSSR count). The third-order valence-electron chi connectivity index (χ3n) is 3.87. The highest BCUT2D eigenvalue weighted by Gasteiger charge is 2.24. The van der Waals surface area contributed by atoms with Gasteiger partial charge in [0.1, 0.15) is 0 Å². The molecular weight excluding hydrogens is 370 g/mol. The molecule has 5 heteroatoms. The summed E-state index contributed by atoms with van der Waals surface area (Å²) in [5.74, 6) is 1.27. The summed E-state index contributed by atoms with van der Waals surface area (Å²) in [5, 5.41) is 3.08. The highest BCUT2D eigenvalue weighted by atomic mass is 79.9. The van der Waals surface area contributed by atoms with Crippen LogP contribution in [0.4, 0.5) is 0 Å². The quantitative estimate of drug-likeness (QED) is 0.807. The number of rotatable bonds is 6. The van der Waals surface area contributed by atoms with Gasteiger partial charge in [0.2, 0.25) is 5.91 Å². The normalized spacial score (nSPS) is 11.0. The van der Waals surface area contributed by atoms with E-state index in [4.69, 9.17) is 9.47 Å². The zero-order valence-electron chi connectivity index (χ0n) is 14.4. The first kappa shape index (κ1) is 18.3. The number of amides is 1. The molecule has 0 saturated carbocycles. The van der Waals surface area contributed by atoms with Crippen LogP contribution in [0.2, 0.25) is 0 Å². The van der Waals surface area contributed by atoms with Crippen molar-refractivity contribution in [3.63, 3.8) is 0 Å². The van der Waals surface area contributed by atoms with Crippen LogP contribution in [0.25, 0.3) is 0 Å². The van der Waals surface area contributed by atoms with E-state index < -0.39 is 5.54 Å². The van der Waals surface area contributed by atoms with Crippen molar-refractivity contribution in [2.24, 2.45) is 0 Å². The van der Waals surface area contributed by atoms with E-state index in [0.29, 0.717) is 17.9 Å². The lowest BCUT2D eigenvalue weighted by atomic mass is 9.93. The van der Waals surface area contributed by atoms with Gasteiger partial charge in [-0.2, -0.15) is 0 Å². The molecule has 0 atom stereocenters. The predicted octanol–water partition coefficient (Wildman–Crippen LogP) is 4.06. The van der Waals surface area contributed by atoms with Gasteiger partial charge >= 0.3 is 0 Å². The van der Waals surface area contributed by atoms with Gasteiger partial charge < -0.3 is 14.8 Å². The molecule has 0 aliphatic heterocycles. The van der Waals surface area contributed by atoms with Crippen molar-refractivity contribution >= 4 is 21.8 Å². The minimum Gasteiger partial charge on any atom is -0.493 e.